The SMILES string of the molecule is CCCc1ccc(CCc2ccc3c(F)c(-c4ccc(OC)c(F)c4)ccc3c2)cc1. The number of ether oxygens (including phenoxy) is 1. The van der Waals surface area contributed by atoms with Gasteiger partial charge in [-0.05, 0) is 59.0 Å². The Bertz CT molecular complexity index is 1200. The lowest BCUT2D eigenvalue weighted by molar-refractivity contribution is 0.386. The second kappa shape index (κ2) is 9.30. The van der Waals surface area contributed by atoms with E-state index in [0.29, 0.717) is 16.5 Å². The normalized spacial score (nSPS) is 11.1. The first-order valence-corrected chi connectivity index (χ1v) is 10.7. The molecule has 0 saturated carbocycles. The lowest BCUT2D eigenvalue weighted by Gasteiger charge is -2.10. The minimum atomic E-state index is -0.502. The van der Waals surface area contributed by atoms with E-state index in [-0.39, 0.29) is 11.6 Å². The summed E-state index contributed by atoms with van der Waals surface area (Å²) in [5, 5.41) is 1.40. The second-order valence-corrected chi connectivity index (χ2v) is 7.90. The molecular formula is C28H26F2O. The topological polar surface area (TPSA) is 9.23 Å². The molecule has 0 spiro atoms. The molecule has 0 fully saturated rings. The fourth-order valence-electron chi connectivity index (χ4n) is 4.00. The van der Waals surface area contributed by atoms with Gasteiger partial charge in [0.25, 0.3) is 0 Å². The van der Waals surface area contributed by atoms with Gasteiger partial charge in [-0.2, -0.15) is 0 Å². The van der Waals surface area contributed by atoms with Crippen molar-refractivity contribution >= 4 is 10.8 Å². The van der Waals surface area contributed by atoms with Crippen molar-refractivity contribution in [2.45, 2.75) is 32.6 Å². The molecule has 0 saturated heterocycles. The average molecular weight is 417 g/mol. The molecule has 3 heteroatoms. The molecule has 4 aromatic rings. The Morgan fingerprint density at radius 1 is 0.710 bits per heavy atom. The van der Waals surface area contributed by atoms with Crippen molar-refractivity contribution in [1.82, 2.24) is 0 Å². The zero-order valence-corrected chi connectivity index (χ0v) is 17.9. The molecule has 0 aliphatic heterocycles. The van der Waals surface area contributed by atoms with Crippen LogP contribution in [0.1, 0.15) is 30.0 Å². The molecule has 0 atom stereocenters. The summed E-state index contributed by atoms with van der Waals surface area (Å²) in [6.45, 7) is 2.19. The number of hydrogen-bond donors (Lipinski definition) is 0. The molecule has 0 aliphatic rings. The minimum absolute atomic E-state index is 0.148. The molecule has 0 heterocycles. The lowest BCUT2D eigenvalue weighted by atomic mass is 9.97. The highest BCUT2D eigenvalue weighted by Gasteiger charge is 2.12. The third-order valence-corrected chi connectivity index (χ3v) is 5.75. The van der Waals surface area contributed by atoms with E-state index in [0.717, 1.165) is 31.1 Å². The lowest BCUT2D eigenvalue weighted by Crippen LogP contribution is -1.94. The first kappa shape index (κ1) is 21.0. The van der Waals surface area contributed by atoms with Crippen molar-refractivity contribution in [3.63, 3.8) is 0 Å². The first-order chi connectivity index (χ1) is 15.1. The Balaban J connectivity index is 1.54. The number of fused-ring (bicyclic) bond motifs is 1. The average Bonchev–Trinajstić information content (AvgIpc) is 2.79. The Labute approximate surface area is 182 Å². The van der Waals surface area contributed by atoms with Crippen molar-refractivity contribution in [2.75, 3.05) is 7.11 Å². The van der Waals surface area contributed by atoms with Gasteiger partial charge in [-0.25, -0.2) is 8.78 Å². The number of hydrogen-bond acceptors (Lipinski definition) is 1. The molecule has 0 bridgehead atoms. The van der Waals surface area contributed by atoms with Gasteiger partial charge in [-0.3, -0.25) is 0 Å². The summed E-state index contributed by atoms with van der Waals surface area (Å²) in [5.74, 6) is -0.688. The third kappa shape index (κ3) is 4.61. The number of methoxy groups -OCH3 is 1. The van der Waals surface area contributed by atoms with E-state index in [2.05, 4.69) is 31.2 Å². The highest BCUT2D eigenvalue weighted by atomic mass is 19.1. The van der Waals surface area contributed by atoms with Crippen molar-refractivity contribution in [2.24, 2.45) is 0 Å². The van der Waals surface area contributed by atoms with Gasteiger partial charge in [-0.15, -0.1) is 0 Å². The third-order valence-electron chi connectivity index (χ3n) is 5.75. The van der Waals surface area contributed by atoms with E-state index in [1.807, 2.05) is 24.3 Å². The summed E-state index contributed by atoms with van der Waals surface area (Å²) >= 11 is 0. The maximum absolute atomic E-state index is 15.2. The van der Waals surface area contributed by atoms with Gasteiger partial charge in [-0.1, -0.05) is 74.0 Å². The fraction of sp³-hybridized carbons (Fsp3) is 0.214. The maximum atomic E-state index is 15.2. The maximum Gasteiger partial charge on any atom is 0.165 e. The largest absolute Gasteiger partial charge is 0.494 e. The molecule has 4 rings (SSSR count). The van der Waals surface area contributed by atoms with Crippen LogP contribution < -0.4 is 4.74 Å². The number of benzene rings is 4. The Morgan fingerprint density at radius 3 is 2.06 bits per heavy atom. The number of halogens is 2. The molecular weight excluding hydrogens is 390 g/mol. The van der Waals surface area contributed by atoms with Crippen LogP contribution >= 0.6 is 0 Å². The summed E-state index contributed by atoms with van der Waals surface area (Å²) in [6, 6.07) is 22.8. The molecule has 0 radical (unpaired) electrons. The van der Waals surface area contributed by atoms with Gasteiger partial charge in [0, 0.05) is 10.9 Å². The molecule has 1 nitrogen and oxygen atoms in total. The van der Waals surface area contributed by atoms with Gasteiger partial charge in [0.15, 0.2) is 11.6 Å². The van der Waals surface area contributed by atoms with E-state index in [1.54, 1.807) is 12.1 Å². The van der Waals surface area contributed by atoms with Crippen LogP contribution in [0.5, 0.6) is 5.75 Å². The Hall–Kier alpha value is -3.20. The Kier molecular flexibility index (Phi) is 6.31. The molecule has 0 aromatic heterocycles. The van der Waals surface area contributed by atoms with Crippen molar-refractivity contribution in [3.8, 4) is 16.9 Å². The highest BCUT2D eigenvalue weighted by Crippen LogP contribution is 2.32. The monoisotopic (exact) mass is 416 g/mol. The van der Waals surface area contributed by atoms with E-state index in [9.17, 15) is 4.39 Å². The molecule has 0 amide bonds. The molecule has 0 unspecified atom stereocenters. The van der Waals surface area contributed by atoms with Crippen LogP contribution in [0.2, 0.25) is 0 Å². The number of rotatable bonds is 7. The van der Waals surface area contributed by atoms with Crippen LogP contribution in [-0.2, 0) is 19.3 Å². The van der Waals surface area contributed by atoms with Crippen LogP contribution in [0.15, 0.2) is 72.8 Å². The molecule has 4 aromatic carbocycles. The summed E-state index contributed by atoms with van der Waals surface area (Å²) in [7, 11) is 1.41. The predicted octanol–water partition coefficient (Wildman–Crippen LogP) is 7.53. The van der Waals surface area contributed by atoms with Crippen LogP contribution in [0, 0.1) is 11.6 Å². The molecule has 158 valence electrons. The van der Waals surface area contributed by atoms with E-state index < -0.39 is 5.82 Å². The molecule has 0 aliphatic carbocycles. The predicted molar refractivity (Wildman–Crippen MR) is 124 cm³/mol. The zero-order chi connectivity index (χ0) is 21.8. The van der Waals surface area contributed by atoms with Gasteiger partial charge >= 0.3 is 0 Å². The van der Waals surface area contributed by atoms with Crippen molar-refractivity contribution in [1.29, 1.82) is 0 Å². The van der Waals surface area contributed by atoms with Crippen molar-refractivity contribution in [3.05, 3.63) is 101 Å². The van der Waals surface area contributed by atoms with Gasteiger partial charge in [0.05, 0.1) is 7.11 Å². The van der Waals surface area contributed by atoms with Crippen LogP contribution in [-0.4, -0.2) is 7.11 Å². The van der Waals surface area contributed by atoms with Crippen LogP contribution in [0.25, 0.3) is 21.9 Å². The van der Waals surface area contributed by atoms with Gasteiger partial charge in [0.1, 0.15) is 5.82 Å². The summed E-state index contributed by atoms with van der Waals surface area (Å²) in [5.41, 5.74) is 4.73. The second-order valence-electron chi connectivity index (χ2n) is 7.90. The van der Waals surface area contributed by atoms with E-state index in [1.165, 1.54) is 35.9 Å². The summed E-state index contributed by atoms with van der Waals surface area (Å²) in [4.78, 5) is 0. The van der Waals surface area contributed by atoms with E-state index in [4.69, 9.17) is 4.74 Å². The van der Waals surface area contributed by atoms with E-state index >= 15 is 4.39 Å². The first-order valence-electron chi connectivity index (χ1n) is 10.7. The van der Waals surface area contributed by atoms with Gasteiger partial charge < -0.3 is 4.74 Å². The molecule has 31 heavy (non-hydrogen) atoms. The fourth-order valence-corrected chi connectivity index (χ4v) is 4.00. The number of aryl methyl sites for hydroxylation is 3. The van der Waals surface area contributed by atoms with Crippen molar-refractivity contribution < 1.29 is 13.5 Å². The van der Waals surface area contributed by atoms with Gasteiger partial charge in [0.2, 0.25) is 0 Å². The Morgan fingerprint density at radius 2 is 1.39 bits per heavy atom. The smallest absolute Gasteiger partial charge is 0.165 e. The standard InChI is InChI=1S/C28H26F2O/c1-3-4-19-5-7-20(8-6-19)9-10-21-11-14-24-22(17-21)12-15-25(28(24)30)23-13-16-27(31-2)26(29)18-23/h5-8,11-18H,3-4,9-10H2,1-2H3. The quantitative estimate of drug-likeness (QED) is 0.302. The van der Waals surface area contributed by atoms with Crippen LogP contribution in [0.4, 0.5) is 8.78 Å². The summed E-state index contributed by atoms with van der Waals surface area (Å²) in [6.07, 6.45) is 4.11. The molecule has 0 N–H and O–H groups in total. The summed E-state index contributed by atoms with van der Waals surface area (Å²) < 4.78 is 34.2. The zero-order valence-electron chi connectivity index (χ0n) is 17.9. The van der Waals surface area contributed by atoms with Crippen LogP contribution in [0.3, 0.4) is 0 Å². The minimum Gasteiger partial charge on any atom is -0.494 e. The highest BCUT2D eigenvalue weighted by molar-refractivity contribution is 5.88.